The van der Waals surface area contributed by atoms with Gasteiger partial charge in [-0.25, -0.2) is 0 Å². The second-order valence-electron chi connectivity index (χ2n) is 5.61. The molecule has 0 saturated heterocycles. The normalized spacial score (nSPS) is 10.6. The van der Waals surface area contributed by atoms with E-state index in [9.17, 15) is 0 Å². The molecule has 2 nitrogen and oxygen atoms in total. The van der Waals surface area contributed by atoms with Crippen molar-refractivity contribution in [1.82, 2.24) is 0 Å². The summed E-state index contributed by atoms with van der Waals surface area (Å²) in [4.78, 5) is 0. The Morgan fingerprint density at radius 1 is 0.731 bits per heavy atom. The molecule has 0 aliphatic carbocycles. The number of hydrogen-bond donors (Lipinski definition) is 1. The van der Waals surface area contributed by atoms with Crippen LogP contribution < -0.4 is 10.1 Å². The third-order valence-corrected chi connectivity index (χ3v) is 5.11. The van der Waals surface area contributed by atoms with Crippen LogP contribution in [0.2, 0.25) is 20.1 Å². The molecule has 3 aromatic rings. The van der Waals surface area contributed by atoms with E-state index in [1.807, 2.05) is 42.5 Å². The number of anilines is 1. The third kappa shape index (κ3) is 4.99. The van der Waals surface area contributed by atoms with Crippen molar-refractivity contribution in [3.05, 3.63) is 91.9 Å². The molecule has 0 aliphatic rings. The van der Waals surface area contributed by atoms with Gasteiger partial charge in [-0.3, -0.25) is 0 Å². The van der Waals surface area contributed by atoms with Crippen LogP contribution in [0.5, 0.6) is 5.75 Å². The Bertz CT molecular complexity index is 914. The van der Waals surface area contributed by atoms with Gasteiger partial charge in [-0.05, 0) is 42.5 Å². The molecule has 0 amide bonds. The zero-order chi connectivity index (χ0) is 18.5. The standard InChI is InChI=1S/C20H15Cl4NO/c21-15-5-8-20(26-12-13-3-1-2-4-17(13)22)14(9-15)11-25-16-6-7-18(23)19(24)10-16/h1-10,25H,11-12H2. The summed E-state index contributed by atoms with van der Waals surface area (Å²) in [5.41, 5.74) is 2.71. The highest BCUT2D eigenvalue weighted by Crippen LogP contribution is 2.28. The van der Waals surface area contributed by atoms with Crippen molar-refractivity contribution < 1.29 is 4.74 Å². The number of rotatable bonds is 6. The van der Waals surface area contributed by atoms with E-state index in [0.29, 0.717) is 33.2 Å². The van der Waals surface area contributed by atoms with E-state index in [-0.39, 0.29) is 0 Å². The third-order valence-electron chi connectivity index (χ3n) is 3.77. The van der Waals surface area contributed by atoms with Crippen LogP contribution in [0.1, 0.15) is 11.1 Å². The van der Waals surface area contributed by atoms with Gasteiger partial charge in [0.2, 0.25) is 0 Å². The second kappa shape index (κ2) is 8.88. The Balaban J connectivity index is 1.73. The maximum absolute atomic E-state index is 6.19. The Labute approximate surface area is 172 Å². The summed E-state index contributed by atoms with van der Waals surface area (Å²) in [5, 5.41) is 5.63. The molecule has 0 heterocycles. The zero-order valence-corrected chi connectivity index (χ0v) is 16.6. The van der Waals surface area contributed by atoms with Crippen molar-refractivity contribution in [2.24, 2.45) is 0 Å². The number of nitrogens with one attached hydrogen (secondary N) is 1. The topological polar surface area (TPSA) is 21.3 Å². The first-order chi connectivity index (χ1) is 12.5. The Morgan fingerprint density at radius 3 is 2.31 bits per heavy atom. The fourth-order valence-electron chi connectivity index (χ4n) is 2.40. The van der Waals surface area contributed by atoms with Gasteiger partial charge in [-0.2, -0.15) is 0 Å². The van der Waals surface area contributed by atoms with Crippen molar-refractivity contribution in [3.63, 3.8) is 0 Å². The quantitative estimate of drug-likeness (QED) is 0.440. The minimum Gasteiger partial charge on any atom is -0.488 e. The molecular formula is C20H15Cl4NO. The monoisotopic (exact) mass is 425 g/mol. The van der Waals surface area contributed by atoms with Crippen LogP contribution in [-0.4, -0.2) is 0 Å². The summed E-state index contributed by atoms with van der Waals surface area (Å²) in [7, 11) is 0. The average molecular weight is 427 g/mol. The highest BCUT2D eigenvalue weighted by Gasteiger charge is 2.08. The molecule has 134 valence electrons. The first kappa shape index (κ1) is 19.2. The van der Waals surface area contributed by atoms with Gasteiger partial charge in [0, 0.05) is 33.4 Å². The van der Waals surface area contributed by atoms with Crippen molar-refractivity contribution in [1.29, 1.82) is 0 Å². The minimum atomic E-state index is 0.376. The molecule has 0 bridgehead atoms. The van der Waals surface area contributed by atoms with Gasteiger partial charge in [0.05, 0.1) is 10.0 Å². The minimum absolute atomic E-state index is 0.376. The lowest BCUT2D eigenvalue weighted by molar-refractivity contribution is 0.303. The average Bonchev–Trinajstić information content (AvgIpc) is 2.63. The number of benzene rings is 3. The van der Waals surface area contributed by atoms with E-state index in [1.165, 1.54) is 0 Å². The van der Waals surface area contributed by atoms with E-state index in [0.717, 1.165) is 22.6 Å². The predicted octanol–water partition coefficient (Wildman–Crippen LogP) is 7.49. The van der Waals surface area contributed by atoms with Gasteiger partial charge in [0.1, 0.15) is 12.4 Å². The van der Waals surface area contributed by atoms with E-state index in [1.54, 1.807) is 18.2 Å². The summed E-state index contributed by atoms with van der Waals surface area (Å²) in [6.45, 7) is 0.900. The molecule has 0 aliphatic heterocycles. The molecule has 0 spiro atoms. The van der Waals surface area contributed by atoms with Crippen LogP contribution in [0.4, 0.5) is 5.69 Å². The summed E-state index contributed by atoms with van der Waals surface area (Å²) < 4.78 is 5.96. The molecule has 26 heavy (non-hydrogen) atoms. The highest BCUT2D eigenvalue weighted by atomic mass is 35.5. The molecule has 0 atom stereocenters. The van der Waals surface area contributed by atoms with Crippen molar-refractivity contribution in [2.45, 2.75) is 13.2 Å². The fourth-order valence-corrected chi connectivity index (χ4v) is 3.08. The smallest absolute Gasteiger partial charge is 0.124 e. The maximum atomic E-state index is 6.19. The van der Waals surface area contributed by atoms with Crippen LogP contribution in [0.3, 0.4) is 0 Å². The van der Waals surface area contributed by atoms with Crippen LogP contribution in [0.25, 0.3) is 0 Å². The van der Waals surface area contributed by atoms with Crippen molar-refractivity contribution in [2.75, 3.05) is 5.32 Å². The van der Waals surface area contributed by atoms with Crippen LogP contribution >= 0.6 is 46.4 Å². The molecule has 6 heteroatoms. The number of ether oxygens (including phenoxy) is 1. The lowest BCUT2D eigenvalue weighted by Gasteiger charge is -2.14. The Morgan fingerprint density at radius 2 is 1.54 bits per heavy atom. The van der Waals surface area contributed by atoms with Crippen molar-refractivity contribution in [3.8, 4) is 5.75 Å². The van der Waals surface area contributed by atoms with Crippen LogP contribution in [0, 0.1) is 0 Å². The number of halogens is 4. The summed E-state index contributed by atoms with van der Waals surface area (Å²) in [6, 6.07) is 18.5. The first-order valence-electron chi connectivity index (χ1n) is 7.86. The Kier molecular flexibility index (Phi) is 6.55. The predicted molar refractivity (Wildman–Crippen MR) is 111 cm³/mol. The summed E-state index contributed by atoms with van der Waals surface area (Å²) in [6.07, 6.45) is 0. The zero-order valence-electron chi connectivity index (χ0n) is 13.6. The molecule has 0 saturated carbocycles. The maximum Gasteiger partial charge on any atom is 0.124 e. The summed E-state index contributed by atoms with van der Waals surface area (Å²) in [5.74, 6) is 0.738. The van der Waals surface area contributed by atoms with E-state index in [4.69, 9.17) is 51.1 Å². The molecule has 3 rings (SSSR count). The molecule has 0 fully saturated rings. The van der Waals surface area contributed by atoms with Gasteiger partial charge < -0.3 is 10.1 Å². The fraction of sp³-hybridized carbons (Fsp3) is 0.100. The molecular weight excluding hydrogens is 412 g/mol. The Hall–Kier alpha value is -1.58. The SMILES string of the molecule is Clc1ccc(OCc2ccccc2Cl)c(CNc2ccc(Cl)c(Cl)c2)c1. The first-order valence-corrected chi connectivity index (χ1v) is 9.37. The molecule has 0 aromatic heterocycles. The number of hydrogen-bond acceptors (Lipinski definition) is 2. The second-order valence-corrected chi connectivity index (χ2v) is 7.27. The van der Waals surface area contributed by atoms with E-state index >= 15 is 0 Å². The van der Waals surface area contributed by atoms with E-state index in [2.05, 4.69) is 5.32 Å². The van der Waals surface area contributed by atoms with Gasteiger partial charge >= 0.3 is 0 Å². The lowest BCUT2D eigenvalue weighted by atomic mass is 10.2. The molecule has 3 aromatic carbocycles. The van der Waals surface area contributed by atoms with Gasteiger partial charge in [-0.15, -0.1) is 0 Å². The summed E-state index contributed by atoms with van der Waals surface area (Å²) >= 11 is 24.3. The van der Waals surface area contributed by atoms with Crippen molar-refractivity contribution >= 4 is 52.1 Å². The largest absolute Gasteiger partial charge is 0.488 e. The molecule has 0 unspecified atom stereocenters. The van der Waals surface area contributed by atoms with Gasteiger partial charge in [0.25, 0.3) is 0 Å². The van der Waals surface area contributed by atoms with Gasteiger partial charge in [0.15, 0.2) is 0 Å². The van der Waals surface area contributed by atoms with Crippen LogP contribution in [0.15, 0.2) is 60.7 Å². The van der Waals surface area contributed by atoms with E-state index < -0.39 is 0 Å². The molecule has 1 N–H and O–H groups in total. The van der Waals surface area contributed by atoms with Gasteiger partial charge in [-0.1, -0.05) is 64.6 Å². The lowest BCUT2D eigenvalue weighted by Crippen LogP contribution is -2.04. The highest BCUT2D eigenvalue weighted by molar-refractivity contribution is 6.42. The van der Waals surface area contributed by atoms with Crippen LogP contribution in [-0.2, 0) is 13.2 Å². The molecule has 0 radical (unpaired) electrons.